The van der Waals surface area contributed by atoms with Gasteiger partial charge in [-0.25, -0.2) is 4.98 Å². The molecule has 134 valence electrons. The van der Waals surface area contributed by atoms with E-state index in [0.717, 1.165) is 57.1 Å². The van der Waals surface area contributed by atoms with E-state index < -0.39 is 0 Å². The predicted octanol–water partition coefficient (Wildman–Crippen LogP) is 0.469. The molecule has 2 aromatic rings. The molecule has 1 amide bonds. The second-order valence-electron chi connectivity index (χ2n) is 7.12. The van der Waals surface area contributed by atoms with Crippen LogP contribution in [0.15, 0.2) is 12.4 Å². The van der Waals surface area contributed by atoms with E-state index in [1.165, 1.54) is 6.33 Å². The van der Waals surface area contributed by atoms with E-state index in [2.05, 4.69) is 32.2 Å². The number of fused-ring (bicyclic) bond motifs is 1. The maximum Gasteiger partial charge on any atom is 0.254 e. The second-order valence-corrected chi connectivity index (χ2v) is 7.12. The highest BCUT2D eigenvalue weighted by Crippen LogP contribution is 2.22. The lowest BCUT2D eigenvalue weighted by molar-refractivity contribution is -0.137. The van der Waals surface area contributed by atoms with E-state index in [1.54, 1.807) is 4.52 Å². The van der Waals surface area contributed by atoms with Crippen molar-refractivity contribution in [2.24, 2.45) is 5.92 Å². The zero-order valence-corrected chi connectivity index (χ0v) is 14.9. The number of rotatable bonds is 2. The molecule has 0 bridgehead atoms. The third-order valence-corrected chi connectivity index (χ3v) is 5.25. The zero-order valence-electron chi connectivity index (χ0n) is 14.9. The van der Waals surface area contributed by atoms with Gasteiger partial charge in [-0.1, -0.05) is 0 Å². The first-order chi connectivity index (χ1) is 12.1. The second kappa shape index (κ2) is 6.59. The highest BCUT2D eigenvalue weighted by Gasteiger charge is 2.30. The number of piperazine rings is 1. The van der Waals surface area contributed by atoms with Gasteiger partial charge in [-0.3, -0.25) is 4.79 Å². The number of carbonyl (C=O) groups is 1. The number of aryl methyl sites for hydroxylation is 1. The minimum Gasteiger partial charge on any atom is -0.353 e. The van der Waals surface area contributed by atoms with Gasteiger partial charge in [-0.15, -0.1) is 0 Å². The van der Waals surface area contributed by atoms with Crippen molar-refractivity contribution in [3.05, 3.63) is 18.1 Å². The Balaban J connectivity index is 1.44. The summed E-state index contributed by atoms with van der Waals surface area (Å²) in [6, 6.07) is 2.47. The number of hydrogen-bond acceptors (Lipinski definition) is 6. The van der Waals surface area contributed by atoms with Crippen molar-refractivity contribution in [1.29, 1.82) is 0 Å². The number of amides is 1. The minimum atomic E-state index is 0.174. The van der Waals surface area contributed by atoms with Gasteiger partial charge in [0.05, 0.1) is 0 Å². The van der Waals surface area contributed by atoms with Crippen LogP contribution in [-0.4, -0.2) is 69.2 Å². The predicted molar refractivity (Wildman–Crippen MR) is 94.5 cm³/mol. The Bertz CT molecular complexity index is 765. The van der Waals surface area contributed by atoms with Crippen LogP contribution in [0.1, 0.15) is 25.5 Å². The standard InChI is InChI=1S/C17H25N7O/c1-12-9-14(3-4-18-12)16(25)23-7-5-22(6-8-23)15-10-13(2)21-17-19-11-20-24(15)17/h10-12,14,18H,3-9H2,1-2H3/t12-,14-/m0/s1. The van der Waals surface area contributed by atoms with Crippen molar-refractivity contribution in [2.75, 3.05) is 37.6 Å². The largest absolute Gasteiger partial charge is 0.353 e. The van der Waals surface area contributed by atoms with Crippen LogP contribution >= 0.6 is 0 Å². The molecule has 4 rings (SSSR count). The summed E-state index contributed by atoms with van der Waals surface area (Å²) in [5.74, 6) is 2.12. The molecule has 2 aromatic heterocycles. The Morgan fingerprint density at radius 3 is 2.84 bits per heavy atom. The molecule has 0 radical (unpaired) electrons. The van der Waals surface area contributed by atoms with Crippen LogP contribution in [0, 0.1) is 12.8 Å². The Hall–Kier alpha value is -2.22. The Labute approximate surface area is 147 Å². The number of hydrogen-bond donors (Lipinski definition) is 1. The third-order valence-electron chi connectivity index (χ3n) is 5.25. The number of aromatic nitrogens is 4. The molecule has 2 atom stereocenters. The Kier molecular flexibility index (Phi) is 4.29. The molecule has 8 heteroatoms. The molecule has 0 spiro atoms. The van der Waals surface area contributed by atoms with Crippen molar-refractivity contribution in [2.45, 2.75) is 32.7 Å². The van der Waals surface area contributed by atoms with Gasteiger partial charge in [-0.2, -0.15) is 14.6 Å². The molecule has 0 aromatic carbocycles. The maximum absolute atomic E-state index is 12.8. The highest BCUT2D eigenvalue weighted by molar-refractivity contribution is 5.79. The molecule has 0 saturated carbocycles. The van der Waals surface area contributed by atoms with Crippen LogP contribution in [0.25, 0.3) is 5.78 Å². The van der Waals surface area contributed by atoms with Crippen molar-refractivity contribution in [3.63, 3.8) is 0 Å². The summed E-state index contributed by atoms with van der Waals surface area (Å²) in [6.45, 7) is 8.21. The van der Waals surface area contributed by atoms with Gasteiger partial charge in [0.1, 0.15) is 12.1 Å². The number of nitrogens with one attached hydrogen (secondary N) is 1. The summed E-state index contributed by atoms with van der Waals surface area (Å²) >= 11 is 0. The fourth-order valence-corrected chi connectivity index (χ4v) is 3.91. The van der Waals surface area contributed by atoms with Gasteiger partial charge < -0.3 is 15.1 Å². The summed E-state index contributed by atoms with van der Waals surface area (Å²) in [5, 5.41) is 7.70. The summed E-state index contributed by atoms with van der Waals surface area (Å²) in [5.41, 5.74) is 0.928. The van der Waals surface area contributed by atoms with E-state index in [9.17, 15) is 4.79 Å². The Morgan fingerprint density at radius 1 is 1.28 bits per heavy atom. The normalized spacial score (nSPS) is 24.7. The van der Waals surface area contributed by atoms with E-state index in [4.69, 9.17) is 0 Å². The molecule has 2 aliphatic rings. The topological polar surface area (TPSA) is 78.7 Å². The van der Waals surface area contributed by atoms with Crippen LogP contribution < -0.4 is 10.2 Å². The first kappa shape index (κ1) is 16.3. The van der Waals surface area contributed by atoms with Gasteiger partial charge in [0.25, 0.3) is 5.78 Å². The average Bonchev–Trinajstić information content (AvgIpc) is 3.09. The number of nitrogens with zero attached hydrogens (tertiary/aromatic N) is 6. The lowest BCUT2D eigenvalue weighted by atomic mass is 9.92. The summed E-state index contributed by atoms with van der Waals surface area (Å²) < 4.78 is 1.78. The van der Waals surface area contributed by atoms with Gasteiger partial charge >= 0.3 is 0 Å². The maximum atomic E-state index is 12.8. The zero-order chi connectivity index (χ0) is 17.4. The van der Waals surface area contributed by atoms with Crippen molar-refractivity contribution in [1.82, 2.24) is 29.8 Å². The van der Waals surface area contributed by atoms with Gasteiger partial charge in [-0.05, 0) is 33.2 Å². The SMILES string of the molecule is Cc1cc(N2CCN(C(=O)[C@H]3CCN[C@@H](C)C3)CC2)n2ncnc2n1. The highest BCUT2D eigenvalue weighted by atomic mass is 16.2. The van der Waals surface area contributed by atoms with E-state index in [1.807, 2.05) is 17.9 Å². The molecule has 2 aliphatic heterocycles. The van der Waals surface area contributed by atoms with Crippen molar-refractivity contribution in [3.8, 4) is 0 Å². The van der Waals surface area contributed by atoms with Crippen LogP contribution in [-0.2, 0) is 4.79 Å². The first-order valence-corrected chi connectivity index (χ1v) is 9.06. The number of piperidine rings is 1. The minimum absolute atomic E-state index is 0.174. The fraction of sp³-hybridized carbons (Fsp3) is 0.647. The van der Waals surface area contributed by atoms with E-state index in [-0.39, 0.29) is 5.92 Å². The van der Waals surface area contributed by atoms with Crippen molar-refractivity contribution < 1.29 is 4.79 Å². The quantitative estimate of drug-likeness (QED) is 0.854. The van der Waals surface area contributed by atoms with Crippen LogP contribution in [0.3, 0.4) is 0 Å². The summed E-state index contributed by atoms with van der Waals surface area (Å²) in [6.07, 6.45) is 3.43. The lowest BCUT2D eigenvalue weighted by Crippen LogP contribution is -2.52. The monoisotopic (exact) mass is 343 g/mol. The van der Waals surface area contributed by atoms with E-state index in [0.29, 0.717) is 17.7 Å². The number of anilines is 1. The van der Waals surface area contributed by atoms with E-state index >= 15 is 0 Å². The molecular weight excluding hydrogens is 318 g/mol. The summed E-state index contributed by atoms with van der Waals surface area (Å²) in [4.78, 5) is 25.7. The fourth-order valence-electron chi connectivity index (χ4n) is 3.91. The molecule has 4 heterocycles. The van der Waals surface area contributed by atoms with Crippen LogP contribution in [0.2, 0.25) is 0 Å². The first-order valence-electron chi connectivity index (χ1n) is 9.06. The molecule has 1 N–H and O–H groups in total. The molecule has 0 aliphatic carbocycles. The molecule has 2 fully saturated rings. The Morgan fingerprint density at radius 2 is 2.08 bits per heavy atom. The molecule has 0 unspecified atom stereocenters. The third kappa shape index (κ3) is 3.18. The van der Waals surface area contributed by atoms with Crippen molar-refractivity contribution >= 4 is 17.5 Å². The van der Waals surface area contributed by atoms with Crippen LogP contribution in [0.5, 0.6) is 0 Å². The molecule has 8 nitrogen and oxygen atoms in total. The number of carbonyl (C=O) groups excluding carboxylic acids is 1. The molecule has 25 heavy (non-hydrogen) atoms. The van der Waals surface area contributed by atoms with Gasteiger partial charge in [0.2, 0.25) is 5.91 Å². The summed E-state index contributed by atoms with van der Waals surface area (Å²) in [7, 11) is 0. The van der Waals surface area contributed by atoms with Gasteiger partial charge in [0.15, 0.2) is 0 Å². The average molecular weight is 343 g/mol. The van der Waals surface area contributed by atoms with Crippen LogP contribution in [0.4, 0.5) is 5.82 Å². The smallest absolute Gasteiger partial charge is 0.254 e. The van der Waals surface area contributed by atoms with Gasteiger partial charge in [0, 0.05) is 49.9 Å². The molecule has 2 saturated heterocycles. The molecular formula is C17H25N7O. The lowest BCUT2D eigenvalue weighted by Gasteiger charge is -2.38.